The van der Waals surface area contributed by atoms with Crippen LogP contribution >= 0.6 is 0 Å². The van der Waals surface area contributed by atoms with Crippen LogP contribution in [0, 0.1) is 19.8 Å². The molecule has 3 aromatic rings. The molecule has 0 fully saturated rings. The number of aryl methyl sites for hydroxylation is 2. The predicted octanol–water partition coefficient (Wildman–Crippen LogP) is 1.84. The van der Waals surface area contributed by atoms with E-state index in [1.165, 1.54) is 0 Å². The minimum Gasteiger partial charge on any atom is -0.352 e. The van der Waals surface area contributed by atoms with Crippen molar-refractivity contribution in [1.82, 2.24) is 30.5 Å². The van der Waals surface area contributed by atoms with E-state index in [1.54, 1.807) is 18.2 Å². The number of carbonyl (C=O) groups is 1. The van der Waals surface area contributed by atoms with Crippen molar-refractivity contribution in [3.05, 3.63) is 41.2 Å². The summed E-state index contributed by atoms with van der Waals surface area (Å²) in [6.45, 7) is 7.49. The summed E-state index contributed by atoms with van der Waals surface area (Å²) in [6.07, 6.45) is 0. The molecule has 2 heterocycles. The lowest BCUT2D eigenvalue weighted by molar-refractivity contribution is 0.0946. The van der Waals surface area contributed by atoms with E-state index >= 15 is 0 Å². The van der Waals surface area contributed by atoms with Crippen molar-refractivity contribution in [3.8, 4) is 0 Å². The van der Waals surface area contributed by atoms with Crippen LogP contribution in [-0.2, 0) is 6.54 Å². The van der Waals surface area contributed by atoms with E-state index in [4.69, 9.17) is 0 Å². The highest BCUT2D eigenvalue weighted by atomic mass is 16.1. The second-order valence-corrected chi connectivity index (χ2v) is 5.95. The van der Waals surface area contributed by atoms with Gasteiger partial charge in [-0.05, 0) is 44.0 Å². The summed E-state index contributed by atoms with van der Waals surface area (Å²) in [5, 5.41) is 17.9. The number of nitrogens with zero attached hydrogens (tertiary/aromatic N) is 4. The maximum atomic E-state index is 12.2. The normalized spacial score (nSPS) is 12.5. The topological polar surface area (TPSA) is 88.5 Å². The molecule has 0 radical (unpaired) electrons. The number of aromatic amines is 1. The van der Waals surface area contributed by atoms with E-state index in [9.17, 15) is 4.79 Å². The van der Waals surface area contributed by atoms with E-state index in [-0.39, 0.29) is 11.8 Å². The molecule has 7 heteroatoms. The third kappa shape index (κ3) is 3.39. The van der Waals surface area contributed by atoms with Crippen molar-refractivity contribution in [2.24, 2.45) is 5.92 Å². The molecular formula is C16H20N6O. The van der Waals surface area contributed by atoms with Gasteiger partial charge >= 0.3 is 0 Å². The number of hydrogen-bond acceptors (Lipinski definition) is 4. The number of nitrogens with one attached hydrogen (secondary N) is 2. The zero-order valence-corrected chi connectivity index (χ0v) is 13.5. The van der Waals surface area contributed by atoms with Gasteiger partial charge in [-0.2, -0.15) is 20.5 Å². The molecule has 0 saturated heterocycles. The Morgan fingerprint density at radius 3 is 2.78 bits per heavy atom. The molecule has 1 unspecified atom stereocenters. The molecule has 0 aliphatic heterocycles. The van der Waals surface area contributed by atoms with Crippen LogP contribution in [0.2, 0.25) is 0 Å². The largest absolute Gasteiger partial charge is 0.352 e. The number of hydrogen-bond donors (Lipinski definition) is 2. The van der Waals surface area contributed by atoms with Crippen LogP contribution in [-0.4, -0.2) is 37.6 Å². The number of H-pyrrole nitrogens is 1. The molecule has 1 amide bonds. The molecule has 120 valence electrons. The van der Waals surface area contributed by atoms with Gasteiger partial charge in [0.15, 0.2) is 0 Å². The Bertz CT molecular complexity index is 834. The van der Waals surface area contributed by atoms with Crippen LogP contribution in [0.1, 0.15) is 28.7 Å². The molecule has 23 heavy (non-hydrogen) atoms. The summed E-state index contributed by atoms with van der Waals surface area (Å²) >= 11 is 0. The molecule has 0 saturated carbocycles. The molecular weight excluding hydrogens is 292 g/mol. The highest BCUT2D eigenvalue weighted by molar-refractivity contribution is 5.97. The molecule has 1 aromatic carbocycles. The second-order valence-electron chi connectivity index (χ2n) is 5.95. The Kier molecular flexibility index (Phi) is 4.10. The minimum atomic E-state index is -0.102. The van der Waals surface area contributed by atoms with Gasteiger partial charge in [-0.3, -0.25) is 9.48 Å². The molecule has 0 spiro atoms. The van der Waals surface area contributed by atoms with Gasteiger partial charge < -0.3 is 5.32 Å². The first-order valence-electron chi connectivity index (χ1n) is 7.62. The number of benzene rings is 1. The van der Waals surface area contributed by atoms with Gasteiger partial charge in [0.05, 0.1) is 5.69 Å². The van der Waals surface area contributed by atoms with Gasteiger partial charge in [0.1, 0.15) is 11.0 Å². The fourth-order valence-corrected chi connectivity index (χ4v) is 2.57. The Hall–Kier alpha value is -2.70. The average molecular weight is 312 g/mol. The summed E-state index contributed by atoms with van der Waals surface area (Å²) in [6, 6.07) is 7.33. The quantitative estimate of drug-likeness (QED) is 0.752. The van der Waals surface area contributed by atoms with Gasteiger partial charge in [-0.15, -0.1) is 0 Å². The van der Waals surface area contributed by atoms with E-state index < -0.39 is 0 Å². The third-order valence-corrected chi connectivity index (χ3v) is 3.78. The number of fused-ring (bicyclic) bond motifs is 1. The number of rotatable bonds is 5. The van der Waals surface area contributed by atoms with Crippen LogP contribution in [0.4, 0.5) is 0 Å². The van der Waals surface area contributed by atoms with Crippen LogP contribution in [0.5, 0.6) is 0 Å². The zero-order valence-electron chi connectivity index (χ0n) is 13.5. The SMILES string of the molecule is Cc1cc(C)n(CC(C)CNC(=O)c2ccc3n[nH]nc3c2)n1. The van der Waals surface area contributed by atoms with Gasteiger partial charge in [0, 0.05) is 24.3 Å². The summed E-state index contributed by atoms with van der Waals surface area (Å²) in [5.74, 6) is 0.183. The highest BCUT2D eigenvalue weighted by Gasteiger charge is 2.11. The Labute approximate surface area is 134 Å². The summed E-state index contributed by atoms with van der Waals surface area (Å²) in [7, 11) is 0. The zero-order chi connectivity index (χ0) is 16.4. The summed E-state index contributed by atoms with van der Waals surface area (Å²) in [4.78, 5) is 12.2. The molecule has 0 aliphatic rings. The first-order valence-corrected chi connectivity index (χ1v) is 7.62. The lowest BCUT2D eigenvalue weighted by Gasteiger charge is -2.14. The fourth-order valence-electron chi connectivity index (χ4n) is 2.57. The van der Waals surface area contributed by atoms with Crippen molar-refractivity contribution >= 4 is 16.9 Å². The number of carbonyl (C=O) groups excluding carboxylic acids is 1. The van der Waals surface area contributed by atoms with E-state index in [0.717, 1.165) is 23.4 Å². The van der Waals surface area contributed by atoms with Crippen LogP contribution < -0.4 is 5.32 Å². The van der Waals surface area contributed by atoms with E-state index in [2.05, 4.69) is 38.8 Å². The third-order valence-electron chi connectivity index (χ3n) is 3.78. The molecule has 7 nitrogen and oxygen atoms in total. The van der Waals surface area contributed by atoms with Crippen LogP contribution in [0.15, 0.2) is 24.3 Å². The summed E-state index contributed by atoms with van der Waals surface area (Å²) in [5.41, 5.74) is 4.18. The molecule has 2 aromatic heterocycles. The number of amides is 1. The Morgan fingerprint density at radius 2 is 2.04 bits per heavy atom. The molecule has 0 bridgehead atoms. The average Bonchev–Trinajstić information content (AvgIpc) is 3.10. The van der Waals surface area contributed by atoms with Crippen molar-refractivity contribution in [2.75, 3.05) is 6.54 Å². The van der Waals surface area contributed by atoms with Gasteiger partial charge in [-0.1, -0.05) is 6.92 Å². The van der Waals surface area contributed by atoms with E-state index in [1.807, 2.05) is 18.5 Å². The van der Waals surface area contributed by atoms with Crippen LogP contribution in [0.25, 0.3) is 11.0 Å². The molecule has 1 atom stereocenters. The van der Waals surface area contributed by atoms with Crippen molar-refractivity contribution in [2.45, 2.75) is 27.3 Å². The number of aromatic nitrogens is 5. The lowest BCUT2D eigenvalue weighted by Crippen LogP contribution is -2.30. The lowest BCUT2D eigenvalue weighted by atomic mass is 10.1. The highest BCUT2D eigenvalue weighted by Crippen LogP contribution is 2.11. The Balaban J connectivity index is 1.58. The van der Waals surface area contributed by atoms with E-state index in [0.29, 0.717) is 17.6 Å². The minimum absolute atomic E-state index is 0.102. The first kappa shape index (κ1) is 15.2. The maximum Gasteiger partial charge on any atom is 0.251 e. The van der Waals surface area contributed by atoms with Crippen LogP contribution in [0.3, 0.4) is 0 Å². The fraction of sp³-hybridized carbons (Fsp3) is 0.375. The molecule has 0 aliphatic carbocycles. The molecule has 2 N–H and O–H groups in total. The first-order chi connectivity index (χ1) is 11.0. The summed E-state index contributed by atoms with van der Waals surface area (Å²) < 4.78 is 1.98. The standard InChI is InChI=1S/C16H20N6O/c1-10(9-22-12(3)6-11(2)20-22)8-17-16(23)13-4-5-14-15(7-13)19-21-18-14/h4-7,10H,8-9H2,1-3H3,(H,17,23)(H,18,19,21). The van der Waals surface area contributed by atoms with Crippen molar-refractivity contribution in [3.63, 3.8) is 0 Å². The van der Waals surface area contributed by atoms with Crippen molar-refractivity contribution in [1.29, 1.82) is 0 Å². The predicted molar refractivity (Wildman–Crippen MR) is 87.1 cm³/mol. The van der Waals surface area contributed by atoms with Crippen molar-refractivity contribution < 1.29 is 4.79 Å². The van der Waals surface area contributed by atoms with Gasteiger partial charge in [0.2, 0.25) is 0 Å². The monoisotopic (exact) mass is 312 g/mol. The van der Waals surface area contributed by atoms with Gasteiger partial charge in [-0.25, -0.2) is 0 Å². The van der Waals surface area contributed by atoms with Gasteiger partial charge in [0.25, 0.3) is 5.91 Å². The maximum absolute atomic E-state index is 12.2. The smallest absolute Gasteiger partial charge is 0.251 e. The second kappa shape index (κ2) is 6.20. The molecule has 3 rings (SSSR count). The Morgan fingerprint density at radius 1 is 1.26 bits per heavy atom.